The minimum absolute atomic E-state index is 0.272. The van der Waals surface area contributed by atoms with Gasteiger partial charge in [-0.15, -0.1) is 0 Å². The zero-order valence-electron chi connectivity index (χ0n) is 12.3. The lowest BCUT2D eigenvalue weighted by atomic mass is 9.92. The molecule has 0 radical (unpaired) electrons. The molecule has 0 aliphatic heterocycles. The number of primary amides is 1. The Morgan fingerprint density at radius 3 is 2.50 bits per heavy atom. The van der Waals surface area contributed by atoms with Gasteiger partial charge < -0.3 is 16.0 Å². The van der Waals surface area contributed by atoms with Gasteiger partial charge in [-0.2, -0.15) is 0 Å². The van der Waals surface area contributed by atoms with Crippen molar-refractivity contribution in [3.8, 4) is 0 Å². The number of nitrogens with zero attached hydrogens (tertiary/aromatic N) is 1. The van der Waals surface area contributed by atoms with Gasteiger partial charge in [0, 0.05) is 12.6 Å². The Kier molecular flexibility index (Phi) is 5.60. The molecule has 1 amide bonds. The topological polar surface area (TPSA) is 58.4 Å². The highest BCUT2D eigenvalue weighted by Crippen LogP contribution is 2.26. The molecule has 106 valence electrons. The molecule has 0 spiro atoms. The van der Waals surface area contributed by atoms with E-state index in [1.54, 1.807) is 7.05 Å². The molecule has 0 aromatic carbocycles. The summed E-state index contributed by atoms with van der Waals surface area (Å²) in [6.07, 6.45) is 6.22. The molecule has 2 unspecified atom stereocenters. The van der Waals surface area contributed by atoms with Gasteiger partial charge in [0.25, 0.3) is 0 Å². The van der Waals surface area contributed by atoms with E-state index in [0.717, 1.165) is 18.9 Å². The van der Waals surface area contributed by atoms with E-state index in [1.165, 1.54) is 25.7 Å². The maximum absolute atomic E-state index is 11.5. The van der Waals surface area contributed by atoms with Crippen molar-refractivity contribution in [1.82, 2.24) is 10.2 Å². The first-order valence-electron chi connectivity index (χ1n) is 7.08. The molecule has 18 heavy (non-hydrogen) atoms. The summed E-state index contributed by atoms with van der Waals surface area (Å²) in [5.41, 5.74) is 4.87. The summed E-state index contributed by atoms with van der Waals surface area (Å²) < 4.78 is 0. The van der Waals surface area contributed by atoms with Crippen LogP contribution < -0.4 is 11.1 Å². The van der Waals surface area contributed by atoms with E-state index in [-0.39, 0.29) is 5.91 Å². The van der Waals surface area contributed by atoms with Crippen LogP contribution in [0.4, 0.5) is 0 Å². The Hall–Kier alpha value is -0.610. The largest absolute Gasteiger partial charge is 0.368 e. The third kappa shape index (κ3) is 3.95. The number of carbonyl (C=O) groups is 1. The van der Waals surface area contributed by atoms with Crippen LogP contribution in [0.25, 0.3) is 0 Å². The third-order valence-corrected chi connectivity index (χ3v) is 4.57. The van der Waals surface area contributed by atoms with Crippen LogP contribution in [0.3, 0.4) is 0 Å². The van der Waals surface area contributed by atoms with E-state index >= 15 is 0 Å². The molecule has 1 fully saturated rings. The lowest BCUT2D eigenvalue weighted by molar-refractivity contribution is -0.124. The number of hydrogen-bond acceptors (Lipinski definition) is 3. The minimum Gasteiger partial charge on any atom is -0.368 e. The second-order valence-electron chi connectivity index (χ2n) is 6.09. The monoisotopic (exact) mass is 255 g/mol. The molecule has 2 atom stereocenters. The van der Waals surface area contributed by atoms with Crippen LogP contribution >= 0.6 is 0 Å². The number of nitrogens with one attached hydrogen (secondary N) is 1. The number of likely N-dealkylation sites (N-methyl/N-ethyl adjacent to an activating group) is 1. The molecule has 0 bridgehead atoms. The Labute approximate surface area is 111 Å². The van der Waals surface area contributed by atoms with Gasteiger partial charge in [0.15, 0.2) is 0 Å². The normalized spacial score (nSPS) is 22.1. The highest BCUT2D eigenvalue weighted by Gasteiger charge is 2.32. The molecule has 4 nitrogen and oxygen atoms in total. The maximum Gasteiger partial charge on any atom is 0.237 e. The SMILES string of the molecule is CNC(C)(CC(C)N(C)CC1CCCC1)C(N)=O. The van der Waals surface area contributed by atoms with Crippen molar-refractivity contribution in [1.29, 1.82) is 0 Å². The first-order valence-corrected chi connectivity index (χ1v) is 7.08. The van der Waals surface area contributed by atoms with E-state index in [1.807, 2.05) is 6.92 Å². The number of hydrogen-bond donors (Lipinski definition) is 2. The Morgan fingerprint density at radius 2 is 2.06 bits per heavy atom. The van der Waals surface area contributed by atoms with Crippen LogP contribution in [-0.2, 0) is 4.79 Å². The predicted molar refractivity (Wildman–Crippen MR) is 75.3 cm³/mol. The lowest BCUT2D eigenvalue weighted by Gasteiger charge is -2.34. The molecule has 0 aromatic heterocycles. The molecule has 1 aliphatic rings. The summed E-state index contributed by atoms with van der Waals surface area (Å²) >= 11 is 0. The fourth-order valence-electron chi connectivity index (χ4n) is 2.85. The number of rotatable bonds is 7. The number of amides is 1. The summed E-state index contributed by atoms with van der Waals surface area (Å²) in [7, 11) is 3.95. The second-order valence-corrected chi connectivity index (χ2v) is 6.09. The summed E-state index contributed by atoms with van der Waals surface area (Å²) in [5.74, 6) is 0.568. The molecule has 0 saturated heterocycles. The molecule has 1 rings (SSSR count). The Bertz CT molecular complexity index is 276. The van der Waals surface area contributed by atoms with Crippen molar-refractivity contribution in [2.24, 2.45) is 11.7 Å². The average molecular weight is 255 g/mol. The summed E-state index contributed by atoms with van der Waals surface area (Å²) in [6, 6.07) is 0.357. The van der Waals surface area contributed by atoms with E-state index < -0.39 is 5.54 Å². The maximum atomic E-state index is 11.5. The van der Waals surface area contributed by atoms with Crippen LogP contribution in [-0.4, -0.2) is 43.0 Å². The molecule has 3 N–H and O–H groups in total. The van der Waals surface area contributed by atoms with Crippen molar-refractivity contribution < 1.29 is 4.79 Å². The zero-order chi connectivity index (χ0) is 13.8. The summed E-state index contributed by atoms with van der Waals surface area (Å²) in [4.78, 5) is 13.9. The van der Waals surface area contributed by atoms with E-state index in [0.29, 0.717) is 6.04 Å². The molecule has 4 heteroatoms. The van der Waals surface area contributed by atoms with Gasteiger partial charge in [-0.3, -0.25) is 4.79 Å². The zero-order valence-corrected chi connectivity index (χ0v) is 12.3. The first kappa shape index (κ1) is 15.4. The van der Waals surface area contributed by atoms with E-state index in [2.05, 4.69) is 24.2 Å². The predicted octanol–water partition coefficient (Wildman–Crippen LogP) is 1.35. The van der Waals surface area contributed by atoms with Crippen LogP contribution in [0.1, 0.15) is 46.0 Å². The molecule has 1 aliphatic carbocycles. The quantitative estimate of drug-likeness (QED) is 0.722. The summed E-state index contributed by atoms with van der Waals surface area (Å²) in [6.45, 7) is 5.20. The molecular weight excluding hydrogens is 226 g/mol. The van der Waals surface area contributed by atoms with E-state index in [9.17, 15) is 4.79 Å². The summed E-state index contributed by atoms with van der Waals surface area (Å²) in [5, 5.41) is 3.06. The van der Waals surface area contributed by atoms with Gasteiger partial charge in [0.2, 0.25) is 5.91 Å². The second kappa shape index (κ2) is 6.53. The number of nitrogens with two attached hydrogens (primary N) is 1. The van der Waals surface area contributed by atoms with Crippen molar-refractivity contribution >= 4 is 5.91 Å². The van der Waals surface area contributed by atoms with Crippen LogP contribution in [0.5, 0.6) is 0 Å². The highest BCUT2D eigenvalue weighted by molar-refractivity contribution is 5.84. The van der Waals surface area contributed by atoms with Gasteiger partial charge in [0.1, 0.15) is 0 Å². The highest BCUT2D eigenvalue weighted by atomic mass is 16.1. The van der Waals surface area contributed by atoms with Crippen molar-refractivity contribution in [3.63, 3.8) is 0 Å². The van der Waals surface area contributed by atoms with Crippen LogP contribution in [0, 0.1) is 5.92 Å². The van der Waals surface area contributed by atoms with Crippen LogP contribution in [0.15, 0.2) is 0 Å². The standard InChI is InChI=1S/C14H29N3O/c1-11(9-14(2,16-3)13(15)18)17(4)10-12-7-5-6-8-12/h11-12,16H,5-10H2,1-4H3,(H2,15,18). The smallest absolute Gasteiger partial charge is 0.237 e. The average Bonchev–Trinajstić information content (AvgIpc) is 2.81. The molecule has 0 aromatic rings. The Morgan fingerprint density at radius 1 is 1.50 bits per heavy atom. The molecule has 1 saturated carbocycles. The minimum atomic E-state index is -0.608. The Balaban J connectivity index is 2.47. The van der Waals surface area contributed by atoms with Gasteiger partial charge in [-0.25, -0.2) is 0 Å². The van der Waals surface area contributed by atoms with Gasteiger partial charge >= 0.3 is 0 Å². The number of carbonyl (C=O) groups excluding carboxylic acids is 1. The van der Waals surface area contributed by atoms with Crippen molar-refractivity contribution in [2.75, 3.05) is 20.6 Å². The van der Waals surface area contributed by atoms with Gasteiger partial charge in [-0.05, 0) is 53.1 Å². The fourth-order valence-corrected chi connectivity index (χ4v) is 2.85. The van der Waals surface area contributed by atoms with Gasteiger partial charge in [0.05, 0.1) is 5.54 Å². The van der Waals surface area contributed by atoms with E-state index in [4.69, 9.17) is 5.73 Å². The third-order valence-electron chi connectivity index (χ3n) is 4.57. The molecular formula is C14H29N3O. The fraction of sp³-hybridized carbons (Fsp3) is 0.929. The van der Waals surface area contributed by atoms with Crippen molar-refractivity contribution in [3.05, 3.63) is 0 Å². The van der Waals surface area contributed by atoms with Crippen molar-refractivity contribution in [2.45, 2.75) is 57.5 Å². The lowest BCUT2D eigenvalue weighted by Crippen LogP contribution is -2.54. The van der Waals surface area contributed by atoms with Gasteiger partial charge in [-0.1, -0.05) is 12.8 Å². The van der Waals surface area contributed by atoms with Crippen LogP contribution in [0.2, 0.25) is 0 Å². The first-order chi connectivity index (χ1) is 8.39. The molecule has 0 heterocycles.